The molecule has 11 heteroatoms. The minimum absolute atomic E-state index is 0. The molecule has 13 rings (SSSR count). The Kier molecular flexibility index (Phi) is 37.4. The zero-order valence-corrected chi connectivity index (χ0v) is 60.1. The molecule has 31 atom stereocenters. The molecular formula is C88H166O11. The second kappa shape index (κ2) is 39.9. The largest absolute Gasteiger partial charge is 0.469 e. The topological polar surface area (TPSA) is 155 Å². The van der Waals surface area contributed by atoms with Crippen molar-refractivity contribution in [2.45, 2.75) is 352 Å². The molecule has 0 amide bonds. The Morgan fingerprint density at radius 1 is 0.434 bits per heavy atom. The molecule has 0 aromatic carbocycles. The smallest absolute Gasteiger partial charge is 0.308 e. The number of hydrogen-bond donors (Lipinski definition) is 2. The summed E-state index contributed by atoms with van der Waals surface area (Å²) in [5.74, 6) is 23.2. The molecule has 0 aromatic rings. The third kappa shape index (κ3) is 19.7. The van der Waals surface area contributed by atoms with Crippen LogP contribution in [0.25, 0.3) is 0 Å². The van der Waals surface area contributed by atoms with Crippen LogP contribution >= 0.6 is 0 Å². The van der Waals surface area contributed by atoms with Crippen LogP contribution < -0.4 is 0 Å². The molecule has 0 aromatic heterocycles. The summed E-state index contributed by atoms with van der Waals surface area (Å²) in [4.78, 5) is 47.4. The molecule has 1 saturated heterocycles. The molecule has 31 unspecified atom stereocenters. The van der Waals surface area contributed by atoms with Crippen LogP contribution in [-0.2, 0) is 42.9 Å². The van der Waals surface area contributed by atoms with Crippen LogP contribution in [0.4, 0.5) is 0 Å². The van der Waals surface area contributed by atoms with Gasteiger partial charge in [-0.05, 0) is 296 Å². The molecule has 13 aliphatic rings. The normalized spacial score (nSPS) is 41.1. The lowest BCUT2D eigenvalue weighted by Gasteiger charge is -2.42. The van der Waals surface area contributed by atoms with Gasteiger partial charge in [-0.15, -0.1) is 0 Å². The summed E-state index contributed by atoms with van der Waals surface area (Å²) in [6.45, 7) is 27.4. The van der Waals surface area contributed by atoms with E-state index in [-0.39, 0.29) is 114 Å². The third-order valence-corrected chi connectivity index (χ3v) is 29.6. The van der Waals surface area contributed by atoms with E-state index in [0.29, 0.717) is 30.6 Å². The summed E-state index contributed by atoms with van der Waals surface area (Å²) < 4.78 is 26.1. The van der Waals surface area contributed by atoms with E-state index in [1.54, 1.807) is 0 Å². The van der Waals surface area contributed by atoms with Crippen LogP contribution in [0, 0.1) is 166 Å². The van der Waals surface area contributed by atoms with Crippen molar-refractivity contribution in [2.75, 3.05) is 20.8 Å². The van der Waals surface area contributed by atoms with E-state index >= 15 is 0 Å². The fourth-order valence-electron chi connectivity index (χ4n) is 26.7. The molecule has 584 valence electrons. The molecule has 8 bridgehead atoms. The Morgan fingerprint density at radius 2 is 0.808 bits per heavy atom. The summed E-state index contributed by atoms with van der Waals surface area (Å²) in [5, 5.41) is 21.1. The fraction of sp³-hybridized carbons (Fsp3) is 0.955. The Bertz CT molecular complexity index is 2370. The van der Waals surface area contributed by atoms with Crippen LogP contribution in [0.1, 0.15) is 329 Å². The van der Waals surface area contributed by atoms with E-state index in [1.807, 2.05) is 27.7 Å². The van der Waals surface area contributed by atoms with E-state index in [4.69, 9.17) is 18.9 Å². The number of carbonyl (C=O) groups is 4. The first-order valence-electron chi connectivity index (χ1n) is 39.1. The minimum atomic E-state index is -0.903. The van der Waals surface area contributed by atoms with Crippen molar-refractivity contribution in [3.05, 3.63) is 0 Å². The van der Waals surface area contributed by atoms with E-state index in [1.165, 1.54) is 136 Å². The summed E-state index contributed by atoms with van der Waals surface area (Å²) in [6.07, 6.45) is 32.7. The highest BCUT2D eigenvalue weighted by molar-refractivity contribution is 5.71. The number of carbonyl (C=O) groups excluding carboxylic acids is 4. The van der Waals surface area contributed by atoms with Crippen molar-refractivity contribution in [2.24, 2.45) is 166 Å². The lowest BCUT2D eigenvalue weighted by Crippen LogP contribution is -2.44. The molecule has 12 saturated carbocycles. The molecule has 2 N–H and O–H groups in total. The first kappa shape index (κ1) is 92.8. The molecular weight excluding hydrogens is 1230 g/mol. The van der Waals surface area contributed by atoms with Crippen LogP contribution in [-0.4, -0.2) is 78.5 Å². The second-order valence-corrected chi connectivity index (χ2v) is 34.8. The maximum absolute atomic E-state index is 12.4. The summed E-state index contributed by atoms with van der Waals surface area (Å²) in [5.41, 5.74) is -1.25. The minimum Gasteiger partial charge on any atom is -0.469 e. The summed E-state index contributed by atoms with van der Waals surface area (Å²) >= 11 is 0. The van der Waals surface area contributed by atoms with Gasteiger partial charge in [-0.25, -0.2) is 0 Å². The van der Waals surface area contributed by atoms with Gasteiger partial charge in [0.15, 0.2) is 0 Å². The van der Waals surface area contributed by atoms with Crippen LogP contribution in [0.3, 0.4) is 0 Å². The van der Waals surface area contributed by atoms with Crippen LogP contribution in [0.5, 0.6) is 0 Å². The first-order valence-corrected chi connectivity index (χ1v) is 39.1. The van der Waals surface area contributed by atoms with E-state index in [0.717, 1.165) is 187 Å². The fourth-order valence-corrected chi connectivity index (χ4v) is 26.7. The summed E-state index contributed by atoms with van der Waals surface area (Å²) in [6, 6.07) is 0. The molecule has 1 aliphatic heterocycles. The SMILES string of the molecule is C.C.C.C.C.C.C.C.CCC1CC(CC)C2C3CC(CC3C(C)(O)CC(=O)OC)C12.CCC1CC(CC)C2C3CC(CC3CC(=O)OC3CCCCO3)C12.CCC1CC(CC)C2C3CC(CC3CC(O)CC(=O)OC)C12.CCC1CC(CC)C2C3CC(CC3CCC(=O)OC(C)(C)C)C12. The Hall–Kier alpha value is -2.24. The number of esters is 4. The van der Waals surface area contributed by atoms with Crippen LogP contribution in [0.2, 0.25) is 0 Å². The number of methoxy groups -OCH3 is 2. The lowest BCUT2D eigenvalue weighted by atomic mass is 9.65. The lowest BCUT2D eigenvalue weighted by molar-refractivity contribution is -0.188. The number of aliphatic hydroxyl groups is 2. The van der Waals surface area contributed by atoms with Crippen molar-refractivity contribution in [1.82, 2.24) is 0 Å². The van der Waals surface area contributed by atoms with Crippen molar-refractivity contribution in [1.29, 1.82) is 0 Å². The second-order valence-electron chi connectivity index (χ2n) is 34.8. The number of ether oxygens (including phenoxy) is 5. The van der Waals surface area contributed by atoms with E-state index < -0.39 is 11.7 Å². The van der Waals surface area contributed by atoms with Gasteiger partial charge in [0.05, 0.1) is 45.4 Å². The maximum Gasteiger partial charge on any atom is 0.308 e. The van der Waals surface area contributed by atoms with Gasteiger partial charge in [0.1, 0.15) is 5.60 Å². The van der Waals surface area contributed by atoms with Crippen molar-refractivity contribution in [3.8, 4) is 0 Å². The third-order valence-electron chi connectivity index (χ3n) is 29.6. The molecule has 0 spiro atoms. The maximum atomic E-state index is 12.4. The van der Waals surface area contributed by atoms with Crippen molar-refractivity contribution >= 4 is 23.9 Å². The Balaban J connectivity index is 0.000000437. The first-order chi connectivity index (χ1) is 43.5. The van der Waals surface area contributed by atoms with Gasteiger partial charge < -0.3 is 33.9 Å². The molecule has 1 heterocycles. The highest BCUT2D eigenvalue weighted by Crippen LogP contribution is 2.70. The standard InChI is InChI=1S/C21H34O3.C21H36O2.2C19H32O3.8CH4/c1-3-13-9-14(4-2)21-17-11-16(20(13)21)10-15(17)12-18(22)24-19-7-5-6-8-23-19;1-6-13-10-14(7-2)20-17-12-16(19(13)20)11-15(17)8-9-18(22)23-21(3,4)5;1-5-11-7-12(6-2)18-14-8-13(17(11)18)9-15(14)19(3,21)10-16(20)22-4;1-4-11-6-12(5-2)19-16-9-14(18(11)19)7-13(16)8-15(20)10-17(21)22-3;;;;;;;;/h13-17,19-21H,3-12H2,1-2H3;13-17,19-20H,6-12H2,1-5H3;11-15,17-18,21H,5-10H2,1-4H3;11-16,18-20H,4-10H2,1-3H3;8*1H4. The quantitative estimate of drug-likeness (QED) is 0.0833. The molecule has 12 aliphatic carbocycles. The molecule has 13 fully saturated rings. The molecule has 0 radical (unpaired) electrons. The van der Waals surface area contributed by atoms with Crippen molar-refractivity contribution in [3.63, 3.8) is 0 Å². The predicted octanol–water partition coefficient (Wildman–Crippen LogP) is 22.6. The predicted molar refractivity (Wildman–Crippen MR) is 413 cm³/mol. The Labute approximate surface area is 612 Å². The van der Waals surface area contributed by atoms with Gasteiger partial charge in [-0.2, -0.15) is 0 Å². The van der Waals surface area contributed by atoms with Gasteiger partial charge in [-0.1, -0.05) is 166 Å². The monoisotopic (exact) mass is 1400 g/mol. The average Bonchev–Trinajstić information content (AvgIpc) is 1.59. The zero-order valence-electron chi connectivity index (χ0n) is 60.1. The molecule has 99 heavy (non-hydrogen) atoms. The summed E-state index contributed by atoms with van der Waals surface area (Å²) in [7, 11) is 2.80. The van der Waals surface area contributed by atoms with Gasteiger partial charge >= 0.3 is 23.9 Å². The highest BCUT2D eigenvalue weighted by atomic mass is 16.7. The molecule has 11 nitrogen and oxygen atoms in total. The zero-order chi connectivity index (χ0) is 65.4. The van der Waals surface area contributed by atoms with Crippen molar-refractivity contribution < 1.29 is 53.1 Å². The van der Waals surface area contributed by atoms with Crippen LogP contribution in [0.15, 0.2) is 0 Å². The van der Waals surface area contributed by atoms with Gasteiger partial charge in [0, 0.05) is 19.3 Å². The number of rotatable bonds is 21. The number of hydrogen-bond acceptors (Lipinski definition) is 11. The van der Waals surface area contributed by atoms with Gasteiger partial charge in [-0.3, -0.25) is 19.2 Å². The average molecular weight is 1400 g/mol. The van der Waals surface area contributed by atoms with E-state index in [2.05, 4.69) is 60.1 Å². The Morgan fingerprint density at radius 3 is 1.21 bits per heavy atom. The van der Waals surface area contributed by atoms with E-state index in [9.17, 15) is 29.4 Å². The van der Waals surface area contributed by atoms with Gasteiger partial charge in [0.2, 0.25) is 6.29 Å². The number of aliphatic hydroxyl groups excluding tert-OH is 1. The highest BCUT2D eigenvalue weighted by Gasteiger charge is 2.64. The van der Waals surface area contributed by atoms with Gasteiger partial charge in [0.25, 0.3) is 0 Å². The number of fused-ring (bicyclic) bond motifs is 20.